The molecule has 2 rings (SSSR count). The normalized spacial score (nSPS) is 18.6. The molecule has 1 amide bonds. The van der Waals surface area contributed by atoms with Crippen LogP contribution in [0, 0.1) is 0 Å². The SMILES string of the molecule is CCNC(=O)c1ccc(S(=O)(=O)NC[C@@H]2CCCO2)cc1. The molecule has 1 saturated heterocycles. The number of hydrogen-bond acceptors (Lipinski definition) is 4. The zero-order valence-corrected chi connectivity index (χ0v) is 12.8. The van der Waals surface area contributed by atoms with E-state index < -0.39 is 10.0 Å². The standard InChI is InChI=1S/C14H20N2O4S/c1-2-15-14(17)11-5-7-13(8-6-11)21(18,19)16-10-12-4-3-9-20-12/h5-8,12,16H,2-4,9-10H2,1H3,(H,15,17)/t12-/m0/s1. The molecule has 6 nitrogen and oxygen atoms in total. The van der Waals surface area contributed by atoms with Crippen LogP contribution in [0.2, 0.25) is 0 Å². The molecule has 1 aliphatic heterocycles. The van der Waals surface area contributed by atoms with E-state index in [4.69, 9.17) is 4.74 Å². The Morgan fingerprint density at radius 3 is 2.62 bits per heavy atom. The van der Waals surface area contributed by atoms with Crippen molar-refractivity contribution in [1.29, 1.82) is 0 Å². The van der Waals surface area contributed by atoms with Crippen LogP contribution in [0.15, 0.2) is 29.2 Å². The topological polar surface area (TPSA) is 84.5 Å². The van der Waals surface area contributed by atoms with Crippen LogP contribution in [0.4, 0.5) is 0 Å². The number of amides is 1. The lowest BCUT2D eigenvalue weighted by atomic mass is 10.2. The van der Waals surface area contributed by atoms with Crippen molar-refractivity contribution in [3.05, 3.63) is 29.8 Å². The predicted octanol–water partition coefficient (Wildman–Crippen LogP) is 0.894. The second kappa shape index (κ2) is 7.02. The van der Waals surface area contributed by atoms with Crippen LogP contribution in [0.25, 0.3) is 0 Å². The smallest absolute Gasteiger partial charge is 0.251 e. The summed E-state index contributed by atoms with van der Waals surface area (Å²) in [6, 6.07) is 5.88. The average molecular weight is 312 g/mol. The first kappa shape index (κ1) is 15.9. The summed E-state index contributed by atoms with van der Waals surface area (Å²) in [6.07, 6.45) is 1.79. The predicted molar refractivity (Wildman–Crippen MR) is 78.6 cm³/mol. The largest absolute Gasteiger partial charge is 0.377 e. The fourth-order valence-corrected chi connectivity index (χ4v) is 3.21. The molecule has 0 unspecified atom stereocenters. The van der Waals surface area contributed by atoms with E-state index in [0.717, 1.165) is 12.8 Å². The minimum absolute atomic E-state index is 0.0469. The molecule has 2 N–H and O–H groups in total. The number of ether oxygens (including phenoxy) is 1. The molecule has 1 aromatic rings. The van der Waals surface area contributed by atoms with Crippen LogP contribution in [0.5, 0.6) is 0 Å². The second-order valence-corrected chi connectivity index (χ2v) is 6.64. The number of nitrogens with one attached hydrogen (secondary N) is 2. The summed E-state index contributed by atoms with van der Waals surface area (Å²) in [5, 5.41) is 2.66. The van der Waals surface area contributed by atoms with Crippen LogP contribution >= 0.6 is 0 Å². The van der Waals surface area contributed by atoms with Gasteiger partial charge in [0.05, 0.1) is 11.0 Å². The lowest BCUT2D eigenvalue weighted by Crippen LogP contribution is -2.31. The molecular formula is C14H20N2O4S. The maximum absolute atomic E-state index is 12.1. The number of carbonyl (C=O) groups excluding carboxylic acids is 1. The Bertz CT molecular complexity index is 577. The molecule has 7 heteroatoms. The molecule has 0 bridgehead atoms. The maximum atomic E-state index is 12.1. The Hall–Kier alpha value is -1.44. The van der Waals surface area contributed by atoms with E-state index in [9.17, 15) is 13.2 Å². The van der Waals surface area contributed by atoms with Gasteiger partial charge in [0.25, 0.3) is 5.91 Å². The summed E-state index contributed by atoms with van der Waals surface area (Å²) in [7, 11) is -3.56. The van der Waals surface area contributed by atoms with Gasteiger partial charge in [0.2, 0.25) is 10.0 Å². The molecule has 1 fully saturated rings. The van der Waals surface area contributed by atoms with Crippen LogP contribution < -0.4 is 10.0 Å². The molecule has 0 saturated carbocycles. The molecule has 0 aliphatic carbocycles. The Balaban J connectivity index is 2.00. The summed E-state index contributed by atoms with van der Waals surface area (Å²) in [5.74, 6) is -0.214. The molecule has 0 aromatic heterocycles. The third-order valence-electron chi connectivity index (χ3n) is 3.29. The van der Waals surface area contributed by atoms with E-state index in [-0.39, 0.29) is 23.5 Å². The van der Waals surface area contributed by atoms with Gasteiger partial charge in [-0.3, -0.25) is 4.79 Å². The van der Waals surface area contributed by atoms with E-state index in [0.29, 0.717) is 18.7 Å². The summed E-state index contributed by atoms with van der Waals surface area (Å²) >= 11 is 0. The van der Waals surface area contributed by atoms with E-state index >= 15 is 0 Å². The number of rotatable bonds is 6. The fraction of sp³-hybridized carbons (Fsp3) is 0.500. The van der Waals surface area contributed by atoms with E-state index in [1.54, 1.807) is 0 Å². The molecule has 1 aromatic carbocycles. The fourth-order valence-electron chi connectivity index (χ4n) is 2.14. The Kier molecular flexibility index (Phi) is 5.33. The third-order valence-corrected chi connectivity index (χ3v) is 4.73. The highest BCUT2D eigenvalue weighted by Crippen LogP contribution is 2.14. The van der Waals surface area contributed by atoms with Crippen molar-refractivity contribution in [2.45, 2.75) is 30.8 Å². The number of hydrogen-bond donors (Lipinski definition) is 2. The quantitative estimate of drug-likeness (QED) is 0.817. The van der Waals surface area contributed by atoms with Gasteiger partial charge in [0, 0.05) is 25.3 Å². The van der Waals surface area contributed by atoms with Crippen LogP contribution in [-0.2, 0) is 14.8 Å². The van der Waals surface area contributed by atoms with Gasteiger partial charge in [-0.15, -0.1) is 0 Å². The second-order valence-electron chi connectivity index (χ2n) is 4.87. The number of benzene rings is 1. The van der Waals surface area contributed by atoms with E-state index in [2.05, 4.69) is 10.0 Å². The monoisotopic (exact) mass is 312 g/mol. The van der Waals surface area contributed by atoms with Crippen LogP contribution in [0.1, 0.15) is 30.1 Å². The molecule has 1 atom stereocenters. The van der Waals surface area contributed by atoms with Crippen molar-refractivity contribution in [2.75, 3.05) is 19.7 Å². The first-order chi connectivity index (χ1) is 10.0. The van der Waals surface area contributed by atoms with Gasteiger partial charge in [-0.2, -0.15) is 0 Å². The minimum Gasteiger partial charge on any atom is -0.377 e. The van der Waals surface area contributed by atoms with Gasteiger partial charge in [-0.1, -0.05) is 0 Å². The van der Waals surface area contributed by atoms with E-state index in [1.165, 1.54) is 24.3 Å². The highest BCUT2D eigenvalue weighted by molar-refractivity contribution is 7.89. The first-order valence-corrected chi connectivity index (χ1v) is 8.51. The molecule has 1 heterocycles. The highest BCUT2D eigenvalue weighted by Gasteiger charge is 2.20. The molecule has 21 heavy (non-hydrogen) atoms. The van der Waals surface area contributed by atoms with Crippen molar-refractivity contribution < 1.29 is 17.9 Å². The third kappa shape index (κ3) is 4.26. The zero-order chi connectivity index (χ0) is 15.3. The summed E-state index contributed by atoms with van der Waals surface area (Å²) in [5.41, 5.74) is 0.440. The van der Waals surface area contributed by atoms with Gasteiger partial charge in [-0.25, -0.2) is 13.1 Å². The van der Waals surface area contributed by atoms with Gasteiger partial charge in [0.1, 0.15) is 0 Å². The number of sulfonamides is 1. The molecule has 0 radical (unpaired) electrons. The summed E-state index contributed by atoms with van der Waals surface area (Å²) < 4.78 is 32.2. The Labute approximate surface area is 124 Å². The van der Waals surface area contributed by atoms with Crippen molar-refractivity contribution >= 4 is 15.9 Å². The Morgan fingerprint density at radius 1 is 1.33 bits per heavy atom. The molecular weight excluding hydrogens is 292 g/mol. The van der Waals surface area contributed by atoms with Crippen LogP contribution in [-0.4, -0.2) is 40.1 Å². The minimum atomic E-state index is -3.56. The zero-order valence-electron chi connectivity index (χ0n) is 12.0. The van der Waals surface area contributed by atoms with Crippen molar-refractivity contribution in [1.82, 2.24) is 10.0 Å². The summed E-state index contributed by atoms with van der Waals surface area (Å²) in [4.78, 5) is 11.8. The van der Waals surface area contributed by atoms with Crippen LogP contribution in [0.3, 0.4) is 0 Å². The van der Waals surface area contributed by atoms with Crippen molar-refractivity contribution in [3.63, 3.8) is 0 Å². The molecule has 116 valence electrons. The van der Waals surface area contributed by atoms with Crippen molar-refractivity contribution in [2.24, 2.45) is 0 Å². The van der Waals surface area contributed by atoms with E-state index in [1.807, 2.05) is 6.92 Å². The maximum Gasteiger partial charge on any atom is 0.251 e. The lowest BCUT2D eigenvalue weighted by molar-refractivity contribution is 0.0955. The van der Waals surface area contributed by atoms with Gasteiger partial charge < -0.3 is 10.1 Å². The highest BCUT2D eigenvalue weighted by atomic mass is 32.2. The van der Waals surface area contributed by atoms with Gasteiger partial charge in [-0.05, 0) is 44.0 Å². The summed E-state index contributed by atoms with van der Waals surface area (Å²) in [6.45, 7) is 3.32. The molecule has 0 spiro atoms. The van der Waals surface area contributed by atoms with Gasteiger partial charge in [0.15, 0.2) is 0 Å². The lowest BCUT2D eigenvalue weighted by Gasteiger charge is -2.11. The van der Waals surface area contributed by atoms with Crippen molar-refractivity contribution in [3.8, 4) is 0 Å². The average Bonchev–Trinajstić information content (AvgIpc) is 2.99. The first-order valence-electron chi connectivity index (χ1n) is 7.02. The molecule has 1 aliphatic rings. The Morgan fingerprint density at radius 2 is 2.05 bits per heavy atom. The van der Waals surface area contributed by atoms with Gasteiger partial charge >= 0.3 is 0 Å². The number of carbonyl (C=O) groups is 1.